The second-order valence-corrected chi connectivity index (χ2v) is 6.67. The maximum Gasteiger partial charge on any atom is 0.237 e. The molecule has 1 atom stereocenters. The largest absolute Gasteiger partial charge is 0.352 e. The van der Waals surface area contributed by atoms with E-state index in [1.165, 1.54) is 0 Å². The van der Waals surface area contributed by atoms with Crippen molar-refractivity contribution in [3.63, 3.8) is 0 Å². The average Bonchev–Trinajstić information content (AvgIpc) is 3.01. The smallest absolute Gasteiger partial charge is 0.237 e. The van der Waals surface area contributed by atoms with Crippen molar-refractivity contribution in [3.05, 3.63) is 0 Å². The molecule has 1 amide bonds. The van der Waals surface area contributed by atoms with Crippen molar-refractivity contribution in [2.45, 2.75) is 38.8 Å². The molecule has 16 heavy (non-hydrogen) atoms. The highest BCUT2D eigenvalue weighted by Crippen LogP contribution is 2.18. The summed E-state index contributed by atoms with van der Waals surface area (Å²) in [5.41, 5.74) is 0. The van der Waals surface area contributed by atoms with Gasteiger partial charge < -0.3 is 10.6 Å². The molecule has 0 aromatic rings. The standard InChI is InChI=1S/C10H20N2O3S/c1-3-16(14,15)7-6-11-8(2)10(13)12-9-4-5-9/h8-9,11H,3-7H2,1-2H3,(H,12,13). The fraction of sp³-hybridized carbons (Fsp3) is 0.900. The summed E-state index contributed by atoms with van der Waals surface area (Å²) in [6, 6.07) is 0.0174. The zero-order valence-electron chi connectivity index (χ0n) is 9.82. The monoisotopic (exact) mass is 248 g/mol. The van der Waals surface area contributed by atoms with Gasteiger partial charge >= 0.3 is 0 Å². The minimum atomic E-state index is -2.95. The molecule has 1 saturated carbocycles. The molecule has 5 nitrogen and oxygen atoms in total. The first-order chi connectivity index (χ1) is 7.44. The van der Waals surface area contributed by atoms with Crippen LogP contribution in [0.5, 0.6) is 0 Å². The Hall–Kier alpha value is -0.620. The highest BCUT2D eigenvalue weighted by atomic mass is 32.2. The van der Waals surface area contributed by atoms with E-state index in [2.05, 4.69) is 10.6 Å². The van der Waals surface area contributed by atoms with E-state index in [0.29, 0.717) is 12.6 Å². The van der Waals surface area contributed by atoms with Crippen LogP contribution in [0.4, 0.5) is 0 Å². The molecule has 6 heteroatoms. The average molecular weight is 248 g/mol. The van der Waals surface area contributed by atoms with Crippen LogP contribution in [-0.2, 0) is 14.6 Å². The third-order valence-corrected chi connectivity index (χ3v) is 4.33. The lowest BCUT2D eigenvalue weighted by Crippen LogP contribution is -2.44. The maximum atomic E-state index is 11.5. The predicted molar refractivity (Wildman–Crippen MR) is 63.0 cm³/mol. The Balaban J connectivity index is 2.18. The summed E-state index contributed by atoms with van der Waals surface area (Å²) in [5.74, 6) is 0.193. The molecule has 0 aliphatic heterocycles. The summed E-state index contributed by atoms with van der Waals surface area (Å²) >= 11 is 0. The number of amides is 1. The minimum Gasteiger partial charge on any atom is -0.352 e. The summed E-state index contributed by atoms with van der Waals surface area (Å²) in [4.78, 5) is 11.5. The van der Waals surface area contributed by atoms with E-state index in [1.54, 1.807) is 13.8 Å². The zero-order valence-corrected chi connectivity index (χ0v) is 10.6. The molecule has 0 spiro atoms. The first-order valence-corrected chi connectivity index (χ1v) is 7.51. The summed E-state index contributed by atoms with van der Waals surface area (Å²) < 4.78 is 22.4. The Bertz CT molecular complexity index is 336. The maximum absolute atomic E-state index is 11.5. The van der Waals surface area contributed by atoms with E-state index in [0.717, 1.165) is 12.8 Å². The first-order valence-electron chi connectivity index (χ1n) is 5.69. The van der Waals surface area contributed by atoms with Crippen molar-refractivity contribution in [2.24, 2.45) is 0 Å². The normalized spacial score (nSPS) is 18.1. The molecular weight excluding hydrogens is 228 g/mol. The molecule has 0 radical (unpaired) electrons. The van der Waals surface area contributed by atoms with Gasteiger partial charge in [0.25, 0.3) is 0 Å². The molecule has 1 fully saturated rings. The van der Waals surface area contributed by atoms with Gasteiger partial charge in [0.1, 0.15) is 0 Å². The molecule has 1 rings (SSSR count). The van der Waals surface area contributed by atoms with E-state index in [1.807, 2.05) is 0 Å². The van der Waals surface area contributed by atoms with Gasteiger partial charge in [0.15, 0.2) is 9.84 Å². The molecule has 94 valence electrons. The fourth-order valence-electron chi connectivity index (χ4n) is 1.22. The lowest BCUT2D eigenvalue weighted by molar-refractivity contribution is -0.122. The van der Waals surface area contributed by atoms with Crippen molar-refractivity contribution in [3.8, 4) is 0 Å². The molecule has 1 aliphatic rings. The van der Waals surface area contributed by atoms with Gasteiger partial charge in [0.05, 0.1) is 11.8 Å². The summed E-state index contributed by atoms with van der Waals surface area (Å²) in [6.07, 6.45) is 2.12. The van der Waals surface area contributed by atoms with Crippen LogP contribution >= 0.6 is 0 Å². The van der Waals surface area contributed by atoms with Crippen LogP contribution in [-0.4, -0.2) is 44.5 Å². The second kappa shape index (κ2) is 5.63. The third kappa shape index (κ3) is 4.94. The van der Waals surface area contributed by atoms with Crippen LogP contribution in [0, 0.1) is 0 Å². The quantitative estimate of drug-likeness (QED) is 0.647. The number of sulfone groups is 1. The van der Waals surface area contributed by atoms with Crippen molar-refractivity contribution < 1.29 is 13.2 Å². The Morgan fingerprint density at radius 3 is 2.56 bits per heavy atom. The fourth-order valence-corrected chi connectivity index (χ4v) is 1.94. The number of hydrogen-bond donors (Lipinski definition) is 2. The van der Waals surface area contributed by atoms with Crippen LogP contribution in [0.2, 0.25) is 0 Å². The van der Waals surface area contributed by atoms with Crippen LogP contribution in [0.15, 0.2) is 0 Å². The second-order valence-electron chi connectivity index (χ2n) is 4.20. The van der Waals surface area contributed by atoms with Gasteiger partial charge in [0, 0.05) is 18.3 Å². The van der Waals surface area contributed by atoms with Crippen molar-refractivity contribution in [1.82, 2.24) is 10.6 Å². The van der Waals surface area contributed by atoms with Crippen molar-refractivity contribution in [1.29, 1.82) is 0 Å². The molecule has 0 aromatic carbocycles. The Morgan fingerprint density at radius 1 is 1.44 bits per heavy atom. The number of carbonyl (C=O) groups excluding carboxylic acids is 1. The molecule has 1 unspecified atom stereocenters. The highest BCUT2D eigenvalue weighted by molar-refractivity contribution is 7.91. The molecule has 0 bridgehead atoms. The van der Waals surface area contributed by atoms with Gasteiger partial charge in [-0.1, -0.05) is 6.92 Å². The van der Waals surface area contributed by atoms with Gasteiger partial charge in [-0.3, -0.25) is 4.79 Å². The number of carbonyl (C=O) groups is 1. The summed E-state index contributed by atoms with van der Waals surface area (Å²) in [7, 11) is -2.95. The lowest BCUT2D eigenvalue weighted by atomic mass is 10.3. The molecule has 0 saturated heterocycles. The van der Waals surface area contributed by atoms with E-state index in [-0.39, 0.29) is 23.5 Å². The Kier molecular flexibility index (Phi) is 4.73. The number of rotatable bonds is 7. The first kappa shape index (κ1) is 13.4. The SMILES string of the molecule is CCS(=O)(=O)CCNC(C)C(=O)NC1CC1. The van der Waals surface area contributed by atoms with Crippen molar-refractivity contribution in [2.75, 3.05) is 18.1 Å². The number of hydrogen-bond acceptors (Lipinski definition) is 4. The lowest BCUT2D eigenvalue weighted by Gasteiger charge is -2.13. The van der Waals surface area contributed by atoms with Gasteiger partial charge in [-0.2, -0.15) is 0 Å². The molecule has 2 N–H and O–H groups in total. The topological polar surface area (TPSA) is 75.3 Å². The van der Waals surface area contributed by atoms with E-state index in [9.17, 15) is 13.2 Å². The van der Waals surface area contributed by atoms with Crippen LogP contribution in [0.1, 0.15) is 26.7 Å². The van der Waals surface area contributed by atoms with Crippen LogP contribution in [0.3, 0.4) is 0 Å². The third-order valence-electron chi connectivity index (χ3n) is 2.62. The Morgan fingerprint density at radius 2 is 2.06 bits per heavy atom. The van der Waals surface area contributed by atoms with Crippen LogP contribution in [0.25, 0.3) is 0 Å². The minimum absolute atomic E-state index is 0.0450. The van der Waals surface area contributed by atoms with Gasteiger partial charge in [-0.05, 0) is 19.8 Å². The van der Waals surface area contributed by atoms with Gasteiger partial charge in [-0.15, -0.1) is 0 Å². The summed E-state index contributed by atoms with van der Waals surface area (Å²) in [6.45, 7) is 3.70. The summed E-state index contributed by atoms with van der Waals surface area (Å²) in [5, 5.41) is 5.78. The zero-order chi connectivity index (χ0) is 12.2. The highest BCUT2D eigenvalue weighted by Gasteiger charge is 2.25. The molecule has 1 aliphatic carbocycles. The molecule has 0 aromatic heterocycles. The van der Waals surface area contributed by atoms with Crippen LogP contribution < -0.4 is 10.6 Å². The van der Waals surface area contributed by atoms with E-state index in [4.69, 9.17) is 0 Å². The van der Waals surface area contributed by atoms with Gasteiger partial charge in [-0.25, -0.2) is 8.42 Å². The molecular formula is C10H20N2O3S. The number of nitrogens with one attached hydrogen (secondary N) is 2. The Labute approximate surface area is 96.9 Å². The van der Waals surface area contributed by atoms with Gasteiger partial charge in [0.2, 0.25) is 5.91 Å². The van der Waals surface area contributed by atoms with Crippen molar-refractivity contribution >= 4 is 15.7 Å². The molecule has 0 heterocycles. The van der Waals surface area contributed by atoms with E-state index >= 15 is 0 Å². The predicted octanol–water partition coefficient (Wildman–Crippen LogP) is -0.322. The van der Waals surface area contributed by atoms with E-state index < -0.39 is 9.84 Å².